The molecule has 2 N–H and O–H groups in total. The van der Waals surface area contributed by atoms with Crippen molar-refractivity contribution in [1.29, 1.82) is 0 Å². The molecular weight excluding hydrogens is 303 g/mol. The van der Waals surface area contributed by atoms with E-state index in [9.17, 15) is 18.0 Å². The van der Waals surface area contributed by atoms with Crippen LogP contribution in [0.1, 0.15) is 16.1 Å². The van der Waals surface area contributed by atoms with Crippen LogP contribution in [0, 0.1) is 0 Å². The third-order valence-corrected chi connectivity index (χ3v) is 2.90. The number of benzene rings is 1. The molecule has 0 saturated carbocycles. The first-order valence-electron chi connectivity index (χ1n) is 4.42. The number of alkyl halides is 3. The van der Waals surface area contributed by atoms with Crippen LogP contribution in [0.5, 0.6) is 0 Å². The lowest BCUT2D eigenvalue weighted by atomic mass is 10.1. The van der Waals surface area contributed by atoms with Crippen molar-refractivity contribution in [3.05, 3.63) is 33.9 Å². The Morgan fingerprint density at radius 1 is 1.29 bits per heavy atom. The topological polar surface area (TPSA) is 53.1 Å². The van der Waals surface area contributed by atoms with E-state index in [1.807, 2.05) is 0 Å². The van der Waals surface area contributed by atoms with E-state index in [4.69, 9.17) is 5.11 Å². The fourth-order valence-electron chi connectivity index (χ4n) is 1.47. The van der Waals surface area contributed by atoms with Gasteiger partial charge in [-0.05, 0) is 18.2 Å². The van der Waals surface area contributed by atoms with Gasteiger partial charge >= 0.3 is 12.1 Å². The molecule has 0 fully saturated rings. The molecule has 1 aromatic carbocycles. The van der Waals surface area contributed by atoms with Gasteiger partial charge < -0.3 is 10.1 Å². The second kappa shape index (κ2) is 3.76. The molecule has 2 rings (SSSR count). The maximum absolute atomic E-state index is 12.5. The molecule has 90 valence electrons. The lowest BCUT2D eigenvalue weighted by molar-refractivity contribution is -0.140. The SMILES string of the molecule is O=C(O)c1cc(Br)c2cc(C(F)(F)F)[nH]c2c1. The number of H-pyrrole nitrogens is 1. The third-order valence-electron chi connectivity index (χ3n) is 2.24. The summed E-state index contributed by atoms with van der Waals surface area (Å²) < 4.78 is 37.7. The Bertz CT molecular complexity index is 603. The summed E-state index contributed by atoms with van der Waals surface area (Å²) in [5, 5.41) is 9.07. The molecular formula is C10H5BrF3NO2. The van der Waals surface area contributed by atoms with Gasteiger partial charge in [-0.15, -0.1) is 0 Å². The summed E-state index contributed by atoms with van der Waals surface area (Å²) in [4.78, 5) is 12.9. The first kappa shape index (κ1) is 12.0. The number of hydrogen-bond donors (Lipinski definition) is 2. The Morgan fingerprint density at radius 2 is 1.94 bits per heavy atom. The molecule has 0 aliphatic rings. The number of aromatic carboxylic acids is 1. The summed E-state index contributed by atoms with van der Waals surface area (Å²) in [6.45, 7) is 0. The second-order valence-corrected chi connectivity index (χ2v) is 4.26. The molecule has 1 aromatic heterocycles. The highest BCUT2D eigenvalue weighted by atomic mass is 79.9. The molecule has 7 heteroatoms. The molecule has 0 aliphatic heterocycles. The van der Waals surface area contributed by atoms with Crippen molar-refractivity contribution in [2.24, 2.45) is 0 Å². The van der Waals surface area contributed by atoms with Crippen molar-refractivity contribution in [1.82, 2.24) is 4.98 Å². The Hall–Kier alpha value is -1.50. The fraction of sp³-hybridized carbons (Fsp3) is 0.100. The summed E-state index contributed by atoms with van der Waals surface area (Å²) >= 11 is 3.05. The number of carboxylic acids is 1. The van der Waals surface area contributed by atoms with Crippen LogP contribution in [0.4, 0.5) is 13.2 Å². The molecule has 0 unspecified atom stereocenters. The predicted octanol–water partition coefficient (Wildman–Crippen LogP) is 3.65. The summed E-state index contributed by atoms with van der Waals surface area (Å²) in [7, 11) is 0. The summed E-state index contributed by atoms with van der Waals surface area (Å²) in [6.07, 6.45) is -4.48. The minimum Gasteiger partial charge on any atom is -0.478 e. The van der Waals surface area contributed by atoms with E-state index in [1.165, 1.54) is 6.07 Å². The molecule has 0 radical (unpaired) electrons. The predicted molar refractivity (Wildman–Crippen MR) is 58.0 cm³/mol. The lowest BCUT2D eigenvalue weighted by Crippen LogP contribution is -2.04. The van der Waals surface area contributed by atoms with E-state index in [-0.39, 0.29) is 11.1 Å². The van der Waals surface area contributed by atoms with Crippen molar-refractivity contribution in [3.63, 3.8) is 0 Å². The standard InChI is InChI=1S/C10H5BrF3NO2/c11-6-1-4(9(16)17)2-7-5(6)3-8(15-7)10(12,13)14/h1-3,15H,(H,16,17). The highest BCUT2D eigenvalue weighted by Gasteiger charge is 2.32. The minimum absolute atomic E-state index is 0.0834. The number of aromatic amines is 1. The fourth-order valence-corrected chi connectivity index (χ4v) is 2.04. The first-order chi connectivity index (χ1) is 7.79. The number of aromatic nitrogens is 1. The Labute approximate surface area is 101 Å². The largest absolute Gasteiger partial charge is 0.478 e. The zero-order chi connectivity index (χ0) is 12.8. The van der Waals surface area contributed by atoms with Crippen molar-refractivity contribution < 1.29 is 23.1 Å². The van der Waals surface area contributed by atoms with Gasteiger partial charge in [-0.3, -0.25) is 0 Å². The van der Waals surface area contributed by atoms with Gasteiger partial charge in [-0.25, -0.2) is 4.79 Å². The van der Waals surface area contributed by atoms with E-state index in [2.05, 4.69) is 20.9 Å². The molecule has 0 amide bonds. The molecule has 0 bridgehead atoms. The van der Waals surface area contributed by atoms with Crippen molar-refractivity contribution in [3.8, 4) is 0 Å². The zero-order valence-electron chi connectivity index (χ0n) is 8.10. The average Bonchev–Trinajstić information content (AvgIpc) is 2.60. The quantitative estimate of drug-likeness (QED) is 0.845. The van der Waals surface area contributed by atoms with E-state index in [0.29, 0.717) is 9.86 Å². The van der Waals surface area contributed by atoms with Gasteiger partial charge in [0.2, 0.25) is 0 Å². The van der Waals surface area contributed by atoms with E-state index >= 15 is 0 Å². The maximum Gasteiger partial charge on any atom is 0.431 e. The van der Waals surface area contributed by atoms with Crippen LogP contribution in [-0.4, -0.2) is 16.1 Å². The minimum atomic E-state index is -4.48. The van der Waals surface area contributed by atoms with Gasteiger partial charge in [0, 0.05) is 15.4 Å². The van der Waals surface area contributed by atoms with Crippen LogP contribution in [-0.2, 0) is 6.18 Å². The Balaban J connectivity index is 2.69. The first-order valence-corrected chi connectivity index (χ1v) is 5.21. The van der Waals surface area contributed by atoms with Gasteiger partial charge in [0.15, 0.2) is 0 Å². The van der Waals surface area contributed by atoms with Gasteiger partial charge in [0.05, 0.1) is 5.56 Å². The van der Waals surface area contributed by atoms with Gasteiger partial charge in [-0.1, -0.05) is 15.9 Å². The molecule has 17 heavy (non-hydrogen) atoms. The molecule has 2 aromatic rings. The average molecular weight is 308 g/mol. The van der Waals surface area contributed by atoms with Crippen LogP contribution in [0.15, 0.2) is 22.7 Å². The number of rotatable bonds is 1. The number of carbonyl (C=O) groups is 1. The number of fused-ring (bicyclic) bond motifs is 1. The lowest BCUT2D eigenvalue weighted by Gasteiger charge is -2.00. The molecule has 0 atom stereocenters. The molecule has 0 saturated heterocycles. The van der Waals surface area contributed by atoms with Crippen LogP contribution < -0.4 is 0 Å². The van der Waals surface area contributed by atoms with E-state index < -0.39 is 17.8 Å². The van der Waals surface area contributed by atoms with E-state index in [1.54, 1.807) is 0 Å². The van der Waals surface area contributed by atoms with Crippen LogP contribution >= 0.6 is 15.9 Å². The zero-order valence-corrected chi connectivity index (χ0v) is 9.69. The molecule has 0 aliphatic carbocycles. The van der Waals surface area contributed by atoms with Crippen LogP contribution in [0.25, 0.3) is 10.9 Å². The van der Waals surface area contributed by atoms with Gasteiger partial charge in [0.1, 0.15) is 5.69 Å². The van der Waals surface area contributed by atoms with E-state index in [0.717, 1.165) is 12.1 Å². The Morgan fingerprint density at radius 3 is 2.47 bits per heavy atom. The highest BCUT2D eigenvalue weighted by Crippen LogP contribution is 2.34. The molecule has 1 heterocycles. The number of hydrogen-bond acceptors (Lipinski definition) is 1. The summed E-state index contributed by atoms with van der Waals surface area (Å²) in [5.41, 5.74) is -0.861. The van der Waals surface area contributed by atoms with Gasteiger partial charge in [-0.2, -0.15) is 13.2 Å². The van der Waals surface area contributed by atoms with Gasteiger partial charge in [0.25, 0.3) is 0 Å². The smallest absolute Gasteiger partial charge is 0.431 e. The number of carboxylic acid groups (broad SMARTS) is 1. The van der Waals surface area contributed by atoms with Crippen molar-refractivity contribution in [2.75, 3.05) is 0 Å². The maximum atomic E-state index is 12.5. The van der Waals surface area contributed by atoms with Crippen LogP contribution in [0.3, 0.4) is 0 Å². The van der Waals surface area contributed by atoms with Crippen molar-refractivity contribution >= 4 is 32.8 Å². The van der Waals surface area contributed by atoms with Crippen molar-refractivity contribution in [2.45, 2.75) is 6.18 Å². The van der Waals surface area contributed by atoms with Crippen LogP contribution in [0.2, 0.25) is 0 Å². The third kappa shape index (κ3) is 2.14. The summed E-state index contributed by atoms with van der Waals surface area (Å²) in [5.74, 6) is -1.20. The molecule has 0 spiro atoms. The second-order valence-electron chi connectivity index (χ2n) is 3.41. The Kier molecular flexibility index (Phi) is 2.65. The highest BCUT2D eigenvalue weighted by molar-refractivity contribution is 9.10. The number of halogens is 4. The number of nitrogens with one attached hydrogen (secondary N) is 1. The molecule has 3 nitrogen and oxygen atoms in total. The monoisotopic (exact) mass is 307 g/mol. The summed E-state index contributed by atoms with van der Waals surface area (Å²) in [6, 6.07) is 3.36. The normalized spacial score (nSPS) is 12.0.